The average molecular weight is 407 g/mol. The quantitative estimate of drug-likeness (QED) is 0.560. The fourth-order valence-electron chi connectivity index (χ4n) is 2.70. The van der Waals surface area contributed by atoms with Gasteiger partial charge in [-0.2, -0.15) is 5.10 Å². The third-order valence-electron chi connectivity index (χ3n) is 4.07. The number of aryl methyl sites for hydroxylation is 1. The van der Waals surface area contributed by atoms with Crippen molar-refractivity contribution in [3.8, 4) is 16.3 Å². The van der Waals surface area contributed by atoms with Gasteiger partial charge < -0.3 is 0 Å². The van der Waals surface area contributed by atoms with Gasteiger partial charge in [-0.1, -0.05) is 53.8 Å². The van der Waals surface area contributed by atoms with Crippen LogP contribution < -0.4 is 10.7 Å². The molecule has 0 saturated carbocycles. The number of hydrogen-bond donors (Lipinski definition) is 1. The third kappa shape index (κ3) is 3.81. The minimum absolute atomic E-state index is 0.140. The Hall–Kier alpha value is -3.72. The first-order valence-electron chi connectivity index (χ1n) is 8.59. The van der Waals surface area contributed by atoms with E-state index in [1.165, 1.54) is 34.2 Å². The molecular formula is C20H14FN5O2S. The molecule has 0 aliphatic heterocycles. The molecule has 0 atom stereocenters. The van der Waals surface area contributed by atoms with Crippen molar-refractivity contribution in [1.82, 2.24) is 20.0 Å². The van der Waals surface area contributed by atoms with Crippen LogP contribution in [0.3, 0.4) is 0 Å². The van der Waals surface area contributed by atoms with E-state index in [1.54, 1.807) is 19.1 Å². The summed E-state index contributed by atoms with van der Waals surface area (Å²) in [4.78, 5) is 24.9. The van der Waals surface area contributed by atoms with Crippen molar-refractivity contribution >= 4 is 22.4 Å². The number of aromatic nitrogens is 4. The number of benzene rings is 2. The summed E-state index contributed by atoms with van der Waals surface area (Å²) >= 11 is 1.17. The largest absolute Gasteiger partial charge is 0.295 e. The lowest BCUT2D eigenvalue weighted by Gasteiger charge is -2.11. The number of rotatable bonds is 4. The second-order valence-electron chi connectivity index (χ2n) is 6.09. The zero-order valence-corrected chi connectivity index (χ0v) is 16.0. The summed E-state index contributed by atoms with van der Waals surface area (Å²) in [5.41, 5.74) is 0.469. The van der Waals surface area contributed by atoms with Crippen LogP contribution >= 0.6 is 11.3 Å². The van der Waals surface area contributed by atoms with Crippen molar-refractivity contribution in [2.75, 3.05) is 5.32 Å². The highest BCUT2D eigenvalue weighted by Crippen LogP contribution is 2.26. The van der Waals surface area contributed by atoms with Gasteiger partial charge in [0.15, 0.2) is 5.69 Å². The molecule has 144 valence electrons. The van der Waals surface area contributed by atoms with Gasteiger partial charge >= 0.3 is 0 Å². The van der Waals surface area contributed by atoms with Crippen molar-refractivity contribution in [3.63, 3.8) is 0 Å². The molecule has 1 N–H and O–H groups in total. The van der Waals surface area contributed by atoms with Gasteiger partial charge in [0.05, 0.1) is 0 Å². The molecule has 0 spiro atoms. The SMILES string of the molecule is Cc1cc(=O)c(C(=O)Nc2nnc(-c3ccccc3)s2)nn1-c1ccccc1F. The lowest BCUT2D eigenvalue weighted by atomic mass is 10.2. The molecule has 4 aromatic rings. The molecule has 0 bridgehead atoms. The van der Waals surface area contributed by atoms with Gasteiger partial charge in [-0.15, -0.1) is 10.2 Å². The maximum atomic E-state index is 14.1. The summed E-state index contributed by atoms with van der Waals surface area (Å²) < 4.78 is 15.4. The van der Waals surface area contributed by atoms with E-state index in [9.17, 15) is 14.0 Å². The van der Waals surface area contributed by atoms with Gasteiger partial charge in [0.25, 0.3) is 5.91 Å². The van der Waals surface area contributed by atoms with E-state index < -0.39 is 17.2 Å². The predicted octanol–water partition coefficient (Wildman–Crippen LogP) is 3.45. The Bertz CT molecular complexity index is 1250. The van der Waals surface area contributed by atoms with Crippen LogP contribution in [0.1, 0.15) is 16.2 Å². The van der Waals surface area contributed by atoms with Crippen LogP contribution in [0.5, 0.6) is 0 Å². The van der Waals surface area contributed by atoms with Crippen molar-refractivity contribution in [2.45, 2.75) is 6.92 Å². The first-order chi connectivity index (χ1) is 14.0. The minimum atomic E-state index is -0.740. The Morgan fingerprint density at radius 2 is 1.79 bits per heavy atom. The molecule has 4 rings (SSSR count). The fourth-order valence-corrected chi connectivity index (χ4v) is 3.44. The van der Waals surface area contributed by atoms with E-state index in [-0.39, 0.29) is 16.5 Å². The second kappa shape index (κ2) is 7.72. The number of anilines is 1. The first-order valence-corrected chi connectivity index (χ1v) is 9.41. The van der Waals surface area contributed by atoms with Crippen LogP contribution in [0.2, 0.25) is 0 Å². The number of para-hydroxylation sites is 1. The van der Waals surface area contributed by atoms with E-state index in [2.05, 4.69) is 20.6 Å². The van der Waals surface area contributed by atoms with Crippen LogP contribution in [-0.4, -0.2) is 25.9 Å². The van der Waals surface area contributed by atoms with E-state index in [0.29, 0.717) is 10.7 Å². The molecule has 0 unspecified atom stereocenters. The van der Waals surface area contributed by atoms with E-state index in [4.69, 9.17) is 0 Å². The number of carbonyl (C=O) groups excluding carboxylic acids is 1. The highest BCUT2D eigenvalue weighted by Gasteiger charge is 2.18. The summed E-state index contributed by atoms with van der Waals surface area (Å²) in [6, 6.07) is 16.6. The van der Waals surface area contributed by atoms with Crippen LogP contribution in [0.4, 0.5) is 9.52 Å². The van der Waals surface area contributed by atoms with E-state index in [0.717, 1.165) is 5.56 Å². The first kappa shape index (κ1) is 18.6. The molecule has 0 saturated heterocycles. The zero-order valence-electron chi connectivity index (χ0n) is 15.2. The molecular weight excluding hydrogens is 393 g/mol. The third-order valence-corrected chi connectivity index (χ3v) is 4.96. The number of nitrogens with one attached hydrogen (secondary N) is 1. The molecule has 2 aromatic heterocycles. The summed E-state index contributed by atoms with van der Waals surface area (Å²) in [7, 11) is 0. The number of nitrogens with zero attached hydrogens (tertiary/aromatic N) is 4. The molecule has 1 amide bonds. The van der Waals surface area contributed by atoms with Crippen LogP contribution in [0, 0.1) is 12.7 Å². The Balaban J connectivity index is 1.64. The van der Waals surface area contributed by atoms with Gasteiger partial charge in [0.2, 0.25) is 10.6 Å². The number of carbonyl (C=O) groups is 1. The van der Waals surface area contributed by atoms with Crippen molar-refractivity contribution in [1.29, 1.82) is 0 Å². The molecule has 9 heteroatoms. The summed E-state index contributed by atoms with van der Waals surface area (Å²) in [6.07, 6.45) is 0. The standard InChI is InChI=1S/C20H14FN5O2S/c1-12-11-16(27)17(25-26(12)15-10-6-5-9-14(15)21)18(28)22-20-24-23-19(29-20)13-7-3-2-4-8-13/h2-11H,1H3,(H,22,24,28). The zero-order chi connectivity index (χ0) is 20.4. The lowest BCUT2D eigenvalue weighted by molar-refractivity contribution is 0.101. The van der Waals surface area contributed by atoms with Crippen LogP contribution in [-0.2, 0) is 0 Å². The van der Waals surface area contributed by atoms with Crippen molar-refractivity contribution in [3.05, 3.63) is 88.1 Å². The number of amides is 1. The molecule has 0 aliphatic rings. The summed E-state index contributed by atoms with van der Waals surface area (Å²) in [5.74, 6) is -1.26. The summed E-state index contributed by atoms with van der Waals surface area (Å²) in [6.45, 7) is 1.61. The Labute approximate surface area is 168 Å². The lowest BCUT2D eigenvalue weighted by Crippen LogP contribution is -2.27. The molecule has 2 aromatic carbocycles. The van der Waals surface area contributed by atoms with Gasteiger partial charge in [-0.05, 0) is 19.1 Å². The van der Waals surface area contributed by atoms with E-state index >= 15 is 0 Å². The molecule has 0 fully saturated rings. The molecule has 29 heavy (non-hydrogen) atoms. The highest BCUT2D eigenvalue weighted by atomic mass is 32.1. The second-order valence-corrected chi connectivity index (χ2v) is 7.07. The maximum Gasteiger partial charge on any atom is 0.282 e. The normalized spacial score (nSPS) is 10.7. The Morgan fingerprint density at radius 3 is 2.55 bits per heavy atom. The van der Waals surface area contributed by atoms with Crippen molar-refractivity contribution in [2.24, 2.45) is 0 Å². The van der Waals surface area contributed by atoms with Gasteiger partial charge in [0, 0.05) is 17.3 Å². The highest BCUT2D eigenvalue weighted by molar-refractivity contribution is 7.18. The predicted molar refractivity (Wildman–Crippen MR) is 108 cm³/mol. The van der Waals surface area contributed by atoms with Crippen LogP contribution in [0.15, 0.2) is 65.5 Å². The van der Waals surface area contributed by atoms with Crippen LogP contribution in [0.25, 0.3) is 16.3 Å². The van der Waals surface area contributed by atoms with Crippen molar-refractivity contribution < 1.29 is 9.18 Å². The Kier molecular flexibility index (Phi) is 4.96. The molecule has 0 radical (unpaired) electrons. The van der Waals surface area contributed by atoms with E-state index in [1.807, 2.05) is 30.3 Å². The molecule has 7 nitrogen and oxygen atoms in total. The monoisotopic (exact) mass is 407 g/mol. The maximum absolute atomic E-state index is 14.1. The number of halogens is 1. The fraction of sp³-hybridized carbons (Fsp3) is 0.0500. The smallest absolute Gasteiger partial charge is 0.282 e. The van der Waals surface area contributed by atoms with Gasteiger partial charge in [-0.3, -0.25) is 14.9 Å². The van der Waals surface area contributed by atoms with Gasteiger partial charge in [0.1, 0.15) is 16.5 Å². The topological polar surface area (TPSA) is 89.8 Å². The Morgan fingerprint density at radius 1 is 1.07 bits per heavy atom. The average Bonchev–Trinajstić information content (AvgIpc) is 3.18. The van der Waals surface area contributed by atoms with Gasteiger partial charge in [-0.25, -0.2) is 9.07 Å². The summed E-state index contributed by atoms with van der Waals surface area (Å²) in [5, 5.41) is 15.5. The minimum Gasteiger partial charge on any atom is -0.295 e. The molecule has 2 heterocycles. The molecule has 0 aliphatic carbocycles. The number of hydrogen-bond acceptors (Lipinski definition) is 6.